The van der Waals surface area contributed by atoms with E-state index in [1.807, 2.05) is 13.8 Å². The molecule has 0 saturated heterocycles. The van der Waals surface area contributed by atoms with Crippen LogP contribution in [0.5, 0.6) is 0 Å². The van der Waals surface area contributed by atoms with Crippen LogP contribution in [0, 0.1) is 6.92 Å². The quantitative estimate of drug-likeness (QED) is 0.507. The van der Waals surface area contributed by atoms with Gasteiger partial charge in [0.15, 0.2) is 0 Å². The molecule has 0 bridgehead atoms. The van der Waals surface area contributed by atoms with Crippen molar-refractivity contribution in [3.63, 3.8) is 0 Å². The molecule has 0 fully saturated rings. The van der Waals surface area contributed by atoms with E-state index in [1.165, 1.54) is 27.5 Å². The van der Waals surface area contributed by atoms with Gasteiger partial charge in [-0.25, -0.2) is 0 Å². The molecule has 3 aromatic carbocycles. The number of hydrogen-bond acceptors (Lipinski definition) is 0. The van der Waals surface area contributed by atoms with Gasteiger partial charge in [0.05, 0.1) is 0 Å². The fourth-order valence-electron chi connectivity index (χ4n) is 2.21. The fraction of sp³-hybridized carbons (Fsp3) is 0.158. The van der Waals surface area contributed by atoms with Gasteiger partial charge in [0.2, 0.25) is 0 Å². The highest BCUT2D eigenvalue weighted by Gasteiger charge is 2.02. The molecule has 19 heavy (non-hydrogen) atoms. The third kappa shape index (κ3) is 2.85. The SMILES string of the molecule is CC.Cc1ccc(-c2cccc3ccccc23)cc1. The normalized spacial score (nSPS) is 9.84. The number of aryl methyl sites for hydroxylation is 1. The zero-order valence-corrected chi connectivity index (χ0v) is 11.9. The van der Waals surface area contributed by atoms with Crippen LogP contribution in [0.3, 0.4) is 0 Å². The lowest BCUT2D eigenvalue weighted by Gasteiger charge is -2.07. The van der Waals surface area contributed by atoms with Crippen molar-refractivity contribution in [2.75, 3.05) is 0 Å². The molecular weight excluding hydrogens is 228 g/mol. The van der Waals surface area contributed by atoms with E-state index in [4.69, 9.17) is 0 Å². The first-order valence-corrected chi connectivity index (χ1v) is 6.89. The van der Waals surface area contributed by atoms with E-state index in [1.54, 1.807) is 0 Å². The Morgan fingerprint density at radius 2 is 1.26 bits per heavy atom. The average molecular weight is 248 g/mol. The molecule has 3 rings (SSSR count). The van der Waals surface area contributed by atoms with Gasteiger partial charge in [-0.3, -0.25) is 0 Å². The molecule has 0 aliphatic rings. The van der Waals surface area contributed by atoms with Gasteiger partial charge in [0.1, 0.15) is 0 Å². The Bertz CT molecular complexity index is 643. The lowest BCUT2D eigenvalue weighted by atomic mass is 9.98. The van der Waals surface area contributed by atoms with Gasteiger partial charge in [-0.2, -0.15) is 0 Å². The highest BCUT2D eigenvalue weighted by Crippen LogP contribution is 2.28. The van der Waals surface area contributed by atoms with Crippen molar-refractivity contribution in [1.82, 2.24) is 0 Å². The number of fused-ring (bicyclic) bond motifs is 1. The maximum atomic E-state index is 2.19. The molecular formula is C19H20. The highest BCUT2D eigenvalue weighted by molar-refractivity contribution is 5.96. The summed E-state index contributed by atoms with van der Waals surface area (Å²) in [4.78, 5) is 0. The summed E-state index contributed by atoms with van der Waals surface area (Å²) in [6.07, 6.45) is 0. The van der Waals surface area contributed by atoms with Crippen LogP contribution in [-0.4, -0.2) is 0 Å². The monoisotopic (exact) mass is 248 g/mol. The fourth-order valence-corrected chi connectivity index (χ4v) is 2.21. The molecule has 3 aromatic rings. The summed E-state index contributed by atoms with van der Waals surface area (Å²) >= 11 is 0. The van der Waals surface area contributed by atoms with E-state index in [9.17, 15) is 0 Å². The van der Waals surface area contributed by atoms with Crippen LogP contribution >= 0.6 is 0 Å². The van der Waals surface area contributed by atoms with Gasteiger partial charge in [0.25, 0.3) is 0 Å². The van der Waals surface area contributed by atoms with Crippen LogP contribution in [0.4, 0.5) is 0 Å². The lowest BCUT2D eigenvalue weighted by molar-refractivity contribution is 1.47. The van der Waals surface area contributed by atoms with Crippen molar-refractivity contribution in [2.45, 2.75) is 20.8 Å². The molecule has 0 nitrogen and oxygen atoms in total. The van der Waals surface area contributed by atoms with Crippen LogP contribution in [0.1, 0.15) is 19.4 Å². The standard InChI is InChI=1S/C17H14.C2H6/c1-13-9-11-15(12-10-13)17-8-4-6-14-5-2-3-7-16(14)17;1-2/h2-12H,1H3;1-2H3. The molecule has 0 spiro atoms. The Balaban J connectivity index is 0.000000637. The van der Waals surface area contributed by atoms with Gasteiger partial charge < -0.3 is 0 Å². The van der Waals surface area contributed by atoms with Crippen LogP contribution in [0.2, 0.25) is 0 Å². The topological polar surface area (TPSA) is 0 Å². The van der Waals surface area contributed by atoms with Crippen molar-refractivity contribution in [1.29, 1.82) is 0 Å². The van der Waals surface area contributed by atoms with Gasteiger partial charge in [-0.15, -0.1) is 0 Å². The average Bonchev–Trinajstić information content (AvgIpc) is 2.50. The molecule has 0 N–H and O–H groups in total. The first-order valence-electron chi connectivity index (χ1n) is 6.89. The summed E-state index contributed by atoms with van der Waals surface area (Å²) in [5, 5.41) is 2.62. The van der Waals surface area contributed by atoms with Gasteiger partial charge in [0, 0.05) is 0 Å². The zero-order chi connectivity index (χ0) is 13.7. The predicted octanol–water partition coefficient (Wildman–Crippen LogP) is 5.84. The van der Waals surface area contributed by atoms with Crippen LogP contribution in [-0.2, 0) is 0 Å². The van der Waals surface area contributed by atoms with Gasteiger partial charge in [-0.05, 0) is 28.8 Å². The lowest BCUT2D eigenvalue weighted by Crippen LogP contribution is -1.81. The molecule has 0 heteroatoms. The first kappa shape index (κ1) is 13.4. The second-order valence-electron chi connectivity index (χ2n) is 4.39. The van der Waals surface area contributed by atoms with Crippen LogP contribution in [0.15, 0.2) is 66.7 Å². The summed E-state index contributed by atoms with van der Waals surface area (Å²) in [7, 11) is 0. The molecule has 0 atom stereocenters. The minimum Gasteiger partial charge on any atom is -0.0683 e. The Morgan fingerprint density at radius 3 is 2.00 bits per heavy atom. The zero-order valence-electron chi connectivity index (χ0n) is 11.9. The third-order valence-electron chi connectivity index (χ3n) is 3.15. The maximum Gasteiger partial charge on any atom is -0.0105 e. The largest absolute Gasteiger partial charge is 0.0683 e. The molecule has 0 amide bonds. The van der Waals surface area contributed by atoms with E-state index in [-0.39, 0.29) is 0 Å². The van der Waals surface area contributed by atoms with Crippen LogP contribution < -0.4 is 0 Å². The molecule has 96 valence electrons. The van der Waals surface area contributed by atoms with E-state index >= 15 is 0 Å². The minimum atomic E-state index is 1.28. The minimum absolute atomic E-state index is 1.28. The van der Waals surface area contributed by atoms with E-state index in [2.05, 4.69) is 73.7 Å². The molecule has 0 radical (unpaired) electrons. The Labute approximate surface area is 115 Å². The second-order valence-corrected chi connectivity index (χ2v) is 4.39. The molecule has 0 aliphatic heterocycles. The number of benzene rings is 3. The summed E-state index contributed by atoms with van der Waals surface area (Å²) in [6.45, 7) is 6.12. The van der Waals surface area contributed by atoms with Crippen molar-refractivity contribution in [3.05, 3.63) is 72.3 Å². The highest BCUT2D eigenvalue weighted by atomic mass is 14.1. The molecule has 0 aliphatic carbocycles. The summed E-state index contributed by atoms with van der Waals surface area (Å²) in [6, 6.07) is 23.7. The van der Waals surface area contributed by atoms with Crippen LogP contribution in [0.25, 0.3) is 21.9 Å². The van der Waals surface area contributed by atoms with E-state index < -0.39 is 0 Å². The smallest absolute Gasteiger partial charge is 0.0105 e. The number of hydrogen-bond donors (Lipinski definition) is 0. The Hall–Kier alpha value is -2.08. The van der Waals surface area contributed by atoms with Gasteiger partial charge >= 0.3 is 0 Å². The summed E-state index contributed by atoms with van der Waals surface area (Å²) in [5.41, 5.74) is 3.89. The summed E-state index contributed by atoms with van der Waals surface area (Å²) in [5.74, 6) is 0. The molecule has 0 aromatic heterocycles. The van der Waals surface area contributed by atoms with Crippen molar-refractivity contribution < 1.29 is 0 Å². The second kappa shape index (κ2) is 6.19. The Kier molecular flexibility index (Phi) is 4.35. The van der Waals surface area contributed by atoms with Crippen molar-refractivity contribution >= 4 is 10.8 Å². The first-order chi connectivity index (χ1) is 9.34. The van der Waals surface area contributed by atoms with E-state index in [0.29, 0.717) is 0 Å². The Morgan fingerprint density at radius 1 is 0.632 bits per heavy atom. The van der Waals surface area contributed by atoms with E-state index in [0.717, 1.165) is 0 Å². The molecule has 0 unspecified atom stereocenters. The molecule has 0 heterocycles. The molecule has 0 saturated carbocycles. The maximum absolute atomic E-state index is 2.19. The third-order valence-corrected chi connectivity index (χ3v) is 3.15. The number of rotatable bonds is 1. The van der Waals surface area contributed by atoms with Crippen molar-refractivity contribution in [3.8, 4) is 11.1 Å². The van der Waals surface area contributed by atoms with Gasteiger partial charge in [-0.1, -0.05) is 86.1 Å². The van der Waals surface area contributed by atoms with Crippen molar-refractivity contribution in [2.24, 2.45) is 0 Å². The summed E-state index contributed by atoms with van der Waals surface area (Å²) < 4.78 is 0. The predicted molar refractivity (Wildman–Crippen MR) is 85.5 cm³/mol.